The van der Waals surface area contributed by atoms with Gasteiger partial charge in [-0.15, -0.1) is 10.2 Å². The molecule has 1 atom stereocenters. The number of carbonyl (C=O) groups is 1. The highest BCUT2D eigenvalue weighted by Gasteiger charge is 2.20. The number of carbonyl (C=O) groups excluding carboxylic acids is 1. The Labute approximate surface area is 162 Å². The second kappa shape index (κ2) is 8.64. The fourth-order valence-electron chi connectivity index (χ4n) is 2.43. The van der Waals surface area contributed by atoms with Crippen molar-refractivity contribution in [3.63, 3.8) is 0 Å². The predicted molar refractivity (Wildman–Crippen MR) is 106 cm³/mol. The summed E-state index contributed by atoms with van der Waals surface area (Å²) in [6.07, 6.45) is -0.115. The number of anilines is 1. The third-order valence-electron chi connectivity index (χ3n) is 3.94. The summed E-state index contributed by atoms with van der Waals surface area (Å²) in [7, 11) is 1.59. The predicted octanol–water partition coefficient (Wildman–Crippen LogP) is 4.32. The lowest BCUT2D eigenvalue weighted by molar-refractivity contribution is -0.122. The van der Waals surface area contributed by atoms with Gasteiger partial charge < -0.3 is 9.47 Å². The smallest absolute Gasteiger partial charge is 0.267 e. The zero-order valence-electron chi connectivity index (χ0n) is 15.4. The van der Waals surface area contributed by atoms with Crippen LogP contribution in [0.5, 0.6) is 11.5 Å². The van der Waals surface area contributed by atoms with E-state index < -0.39 is 6.10 Å². The van der Waals surface area contributed by atoms with Gasteiger partial charge in [0.2, 0.25) is 5.13 Å². The van der Waals surface area contributed by atoms with Gasteiger partial charge in [0.1, 0.15) is 16.5 Å². The first kappa shape index (κ1) is 18.8. The summed E-state index contributed by atoms with van der Waals surface area (Å²) in [6.45, 7) is 3.92. The largest absolute Gasteiger partial charge is 0.497 e. The number of rotatable bonds is 7. The van der Waals surface area contributed by atoms with E-state index in [1.54, 1.807) is 19.2 Å². The van der Waals surface area contributed by atoms with Crippen molar-refractivity contribution in [1.82, 2.24) is 10.2 Å². The third-order valence-corrected chi connectivity index (χ3v) is 4.82. The van der Waals surface area contributed by atoms with Gasteiger partial charge in [0.15, 0.2) is 6.10 Å². The summed E-state index contributed by atoms with van der Waals surface area (Å²) in [5.74, 6) is 0.996. The van der Waals surface area contributed by atoms with E-state index in [2.05, 4.69) is 15.5 Å². The molecule has 0 aliphatic rings. The van der Waals surface area contributed by atoms with Gasteiger partial charge in [0, 0.05) is 11.6 Å². The van der Waals surface area contributed by atoms with Crippen LogP contribution < -0.4 is 14.8 Å². The van der Waals surface area contributed by atoms with Crippen LogP contribution in [0.15, 0.2) is 48.5 Å². The standard InChI is InChI=1S/C20H21N3O3S/c1-4-17(26-16-7-5-6-15(12-16)25-3)18(24)21-20-23-22-19(27-20)14-10-8-13(2)9-11-14/h5-12,17H,4H2,1-3H3,(H,21,23,24)/t17-/m0/s1. The summed E-state index contributed by atoms with van der Waals surface area (Å²) >= 11 is 1.33. The third kappa shape index (κ3) is 4.83. The number of aromatic nitrogens is 2. The minimum Gasteiger partial charge on any atom is -0.497 e. The molecule has 2 aromatic carbocycles. The van der Waals surface area contributed by atoms with Crippen LogP contribution in [0.2, 0.25) is 0 Å². The molecule has 0 spiro atoms. The van der Waals surface area contributed by atoms with Gasteiger partial charge >= 0.3 is 0 Å². The van der Waals surface area contributed by atoms with Crippen molar-refractivity contribution in [2.75, 3.05) is 12.4 Å². The first-order valence-corrected chi connectivity index (χ1v) is 9.43. The molecule has 1 N–H and O–H groups in total. The number of amides is 1. The van der Waals surface area contributed by atoms with Gasteiger partial charge in [-0.25, -0.2) is 0 Å². The van der Waals surface area contributed by atoms with Gasteiger partial charge in [-0.3, -0.25) is 10.1 Å². The molecule has 7 heteroatoms. The van der Waals surface area contributed by atoms with Crippen molar-refractivity contribution < 1.29 is 14.3 Å². The quantitative estimate of drug-likeness (QED) is 0.658. The number of benzene rings is 2. The maximum absolute atomic E-state index is 12.6. The molecule has 0 saturated heterocycles. The Bertz CT molecular complexity index is 909. The maximum atomic E-state index is 12.6. The van der Waals surface area contributed by atoms with Crippen molar-refractivity contribution in [2.45, 2.75) is 26.4 Å². The van der Waals surface area contributed by atoms with Crippen LogP contribution in [0.3, 0.4) is 0 Å². The van der Waals surface area contributed by atoms with Crippen molar-refractivity contribution in [3.05, 3.63) is 54.1 Å². The molecule has 1 aromatic heterocycles. The lowest BCUT2D eigenvalue weighted by atomic mass is 10.2. The van der Waals surface area contributed by atoms with E-state index in [4.69, 9.17) is 9.47 Å². The summed E-state index contributed by atoms with van der Waals surface area (Å²) in [5, 5.41) is 12.2. The Morgan fingerprint density at radius 2 is 1.89 bits per heavy atom. The summed E-state index contributed by atoms with van der Waals surface area (Å²) in [6, 6.07) is 15.2. The highest BCUT2D eigenvalue weighted by molar-refractivity contribution is 7.18. The average molecular weight is 383 g/mol. The molecule has 0 fully saturated rings. The van der Waals surface area contributed by atoms with Crippen LogP contribution in [0, 0.1) is 6.92 Å². The van der Waals surface area contributed by atoms with E-state index >= 15 is 0 Å². The number of aryl methyl sites for hydroxylation is 1. The molecule has 27 heavy (non-hydrogen) atoms. The van der Waals surface area contributed by atoms with Gasteiger partial charge in [0.25, 0.3) is 5.91 Å². The maximum Gasteiger partial charge on any atom is 0.267 e. The molecule has 0 aliphatic heterocycles. The molecule has 1 heterocycles. The Balaban J connectivity index is 1.67. The van der Waals surface area contributed by atoms with Gasteiger partial charge in [0.05, 0.1) is 7.11 Å². The number of ether oxygens (including phenoxy) is 2. The van der Waals surface area contributed by atoms with E-state index in [1.807, 2.05) is 50.2 Å². The first-order chi connectivity index (χ1) is 13.1. The number of hydrogen-bond acceptors (Lipinski definition) is 6. The monoisotopic (exact) mass is 383 g/mol. The fourth-order valence-corrected chi connectivity index (χ4v) is 3.19. The Kier molecular flexibility index (Phi) is 6.03. The van der Waals surface area contributed by atoms with Crippen molar-refractivity contribution in [2.24, 2.45) is 0 Å². The molecular formula is C20H21N3O3S. The average Bonchev–Trinajstić information content (AvgIpc) is 3.15. The van der Waals surface area contributed by atoms with Crippen LogP contribution in [0.25, 0.3) is 10.6 Å². The van der Waals surface area contributed by atoms with Crippen molar-refractivity contribution >= 4 is 22.4 Å². The normalized spacial score (nSPS) is 11.7. The van der Waals surface area contributed by atoms with Gasteiger partial charge in [-0.05, 0) is 25.5 Å². The van der Waals surface area contributed by atoms with Gasteiger partial charge in [-0.2, -0.15) is 0 Å². The highest BCUT2D eigenvalue weighted by Crippen LogP contribution is 2.27. The summed E-state index contributed by atoms with van der Waals surface area (Å²) < 4.78 is 11.0. The number of hydrogen-bond donors (Lipinski definition) is 1. The molecule has 0 radical (unpaired) electrons. The van der Waals surface area contributed by atoms with Crippen molar-refractivity contribution in [1.29, 1.82) is 0 Å². The zero-order valence-corrected chi connectivity index (χ0v) is 16.2. The molecule has 0 unspecified atom stereocenters. The second-order valence-corrected chi connectivity index (χ2v) is 6.94. The topological polar surface area (TPSA) is 73.3 Å². The second-order valence-electron chi connectivity index (χ2n) is 5.96. The summed E-state index contributed by atoms with van der Waals surface area (Å²) in [4.78, 5) is 12.6. The van der Waals surface area contributed by atoms with E-state index in [0.717, 1.165) is 10.6 Å². The van der Waals surface area contributed by atoms with E-state index in [0.29, 0.717) is 23.1 Å². The lowest BCUT2D eigenvalue weighted by Gasteiger charge is -2.16. The molecule has 3 aromatic rings. The molecule has 0 saturated carbocycles. The van der Waals surface area contributed by atoms with E-state index in [9.17, 15) is 4.79 Å². The Morgan fingerprint density at radius 1 is 1.15 bits per heavy atom. The molecule has 0 aliphatic carbocycles. The van der Waals surface area contributed by atoms with Crippen LogP contribution in [0.1, 0.15) is 18.9 Å². The first-order valence-electron chi connectivity index (χ1n) is 8.61. The zero-order chi connectivity index (χ0) is 19.2. The minimum absolute atomic E-state index is 0.257. The summed E-state index contributed by atoms with van der Waals surface area (Å²) in [5.41, 5.74) is 2.15. The number of methoxy groups -OCH3 is 1. The molecule has 140 valence electrons. The Hall–Kier alpha value is -2.93. The van der Waals surface area contributed by atoms with Crippen LogP contribution in [-0.2, 0) is 4.79 Å². The molecular weight excluding hydrogens is 362 g/mol. The SMILES string of the molecule is CC[C@H](Oc1cccc(OC)c1)C(=O)Nc1nnc(-c2ccc(C)cc2)s1. The fraction of sp³-hybridized carbons (Fsp3) is 0.250. The van der Waals surface area contributed by atoms with Crippen LogP contribution in [0.4, 0.5) is 5.13 Å². The van der Waals surface area contributed by atoms with E-state index in [1.165, 1.54) is 16.9 Å². The van der Waals surface area contributed by atoms with E-state index in [-0.39, 0.29) is 5.91 Å². The molecule has 1 amide bonds. The van der Waals surface area contributed by atoms with Crippen molar-refractivity contribution in [3.8, 4) is 22.1 Å². The minimum atomic E-state index is -0.635. The van der Waals surface area contributed by atoms with Crippen LogP contribution >= 0.6 is 11.3 Å². The number of nitrogens with zero attached hydrogens (tertiary/aromatic N) is 2. The Morgan fingerprint density at radius 3 is 2.59 bits per heavy atom. The molecule has 6 nitrogen and oxygen atoms in total. The molecule has 3 rings (SSSR count). The highest BCUT2D eigenvalue weighted by atomic mass is 32.1. The van der Waals surface area contributed by atoms with Gasteiger partial charge in [-0.1, -0.05) is 54.2 Å². The number of nitrogens with one attached hydrogen (secondary N) is 1. The molecule has 0 bridgehead atoms. The lowest BCUT2D eigenvalue weighted by Crippen LogP contribution is -2.32. The van der Waals surface area contributed by atoms with Crippen LogP contribution in [-0.4, -0.2) is 29.3 Å².